The van der Waals surface area contributed by atoms with Crippen LogP contribution in [-0.2, 0) is 4.79 Å². The summed E-state index contributed by atoms with van der Waals surface area (Å²) < 4.78 is 24.7. The number of furan rings is 1. The second-order valence-electron chi connectivity index (χ2n) is 7.81. The first-order valence-electron chi connectivity index (χ1n) is 10.9. The number of amides is 1. The number of carbonyl (C=O) groups excluding carboxylic acids is 1. The van der Waals surface area contributed by atoms with Crippen molar-refractivity contribution in [3.05, 3.63) is 100 Å². The minimum atomic E-state index is -0.443. The maximum absolute atomic E-state index is 13.2. The minimum absolute atomic E-state index is 0.101. The molecule has 0 spiro atoms. The molecule has 0 unspecified atom stereocenters. The number of benzene rings is 3. The maximum atomic E-state index is 13.2. The van der Waals surface area contributed by atoms with Gasteiger partial charge in [0, 0.05) is 27.9 Å². The van der Waals surface area contributed by atoms with Gasteiger partial charge in [-0.05, 0) is 91.1 Å². The van der Waals surface area contributed by atoms with Gasteiger partial charge in [0.2, 0.25) is 11.8 Å². The van der Waals surface area contributed by atoms with Gasteiger partial charge >= 0.3 is 0 Å². The van der Waals surface area contributed by atoms with E-state index < -0.39 is 5.91 Å². The van der Waals surface area contributed by atoms with Crippen LogP contribution in [0.15, 0.2) is 87.7 Å². The summed E-state index contributed by atoms with van der Waals surface area (Å²) in [5, 5.41) is 6.60. The number of anilines is 1. The maximum Gasteiger partial charge on any atom is 0.250 e. The molecule has 0 bridgehead atoms. The monoisotopic (exact) mass is 551 g/mol. The first-order valence-corrected chi connectivity index (χ1v) is 12.0. The predicted octanol–water partition coefficient (Wildman–Crippen LogP) is 7.73. The van der Waals surface area contributed by atoms with Crippen LogP contribution in [0, 0.1) is 5.82 Å². The van der Waals surface area contributed by atoms with Gasteiger partial charge in [0.25, 0.3) is 0 Å². The SMILES string of the molecule is O=C(/C=C/c1ccc(-c2ccc(Cl)cc2Cl)o1)NC(=S)Nc1ccc2oc(-c3ccc(F)cc3)nc2c1. The third-order valence-electron chi connectivity index (χ3n) is 5.20. The summed E-state index contributed by atoms with van der Waals surface area (Å²) in [6.07, 6.45) is 2.82. The molecule has 184 valence electrons. The van der Waals surface area contributed by atoms with Gasteiger partial charge in [0.15, 0.2) is 10.7 Å². The highest BCUT2D eigenvalue weighted by Gasteiger charge is 2.11. The fraction of sp³-hybridized carbons (Fsp3) is 0. The summed E-state index contributed by atoms with van der Waals surface area (Å²) >= 11 is 17.4. The van der Waals surface area contributed by atoms with E-state index in [0.717, 1.165) is 0 Å². The Morgan fingerprint density at radius 3 is 2.57 bits per heavy atom. The summed E-state index contributed by atoms with van der Waals surface area (Å²) in [4.78, 5) is 16.8. The number of hydrogen-bond donors (Lipinski definition) is 2. The molecule has 0 saturated heterocycles. The molecule has 5 rings (SSSR count). The first kappa shape index (κ1) is 24.7. The molecule has 0 fully saturated rings. The van der Waals surface area contributed by atoms with Crippen molar-refractivity contribution in [2.75, 3.05) is 5.32 Å². The van der Waals surface area contributed by atoms with E-state index in [-0.39, 0.29) is 10.9 Å². The van der Waals surface area contributed by atoms with Crippen LogP contribution in [-0.4, -0.2) is 16.0 Å². The third-order valence-corrected chi connectivity index (χ3v) is 5.95. The van der Waals surface area contributed by atoms with Gasteiger partial charge in [-0.25, -0.2) is 9.37 Å². The highest BCUT2D eigenvalue weighted by Crippen LogP contribution is 2.32. The number of halogens is 3. The van der Waals surface area contributed by atoms with E-state index in [9.17, 15) is 9.18 Å². The van der Waals surface area contributed by atoms with E-state index >= 15 is 0 Å². The van der Waals surface area contributed by atoms with Crippen LogP contribution in [0.3, 0.4) is 0 Å². The Labute approximate surface area is 225 Å². The lowest BCUT2D eigenvalue weighted by atomic mass is 10.2. The molecule has 2 aromatic heterocycles. The number of nitrogens with zero attached hydrogens (tertiary/aromatic N) is 1. The van der Waals surface area contributed by atoms with Crippen molar-refractivity contribution >= 4 is 69.3 Å². The molecule has 10 heteroatoms. The number of oxazole rings is 1. The van der Waals surface area contributed by atoms with Crippen LogP contribution in [0.2, 0.25) is 10.0 Å². The van der Waals surface area contributed by atoms with Crippen LogP contribution in [0.25, 0.3) is 40.0 Å². The van der Waals surface area contributed by atoms with Gasteiger partial charge in [-0.15, -0.1) is 0 Å². The average molecular weight is 552 g/mol. The Hall–Kier alpha value is -3.98. The normalized spacial score (nSPS) is 11.2. The van der Waals surface area contributed by atoms with Crippen LogP contribution in [0.5, 0.6) is 0 Å². The van der Waals surface area contributed by atoms with Gasteiger partial charge in [-0.2, -0.15) is 0 Å². The molecule has 3 aromatic carbocycles. The smallest absolute Gasteiger partial charge is 0.250 e. The van der Waals surface area contributed by atoms with Crippen molar-refractivity contribution in [2.24, 2.45) is 0 Å². The van der Waals surface area contributed by atoms with Gasteiger partial charge in [0.05, 0.1) is 5.02 Å². The van der Waals surface area contributed by atoms with Crippen molar-refractivity contribution in [1.82, 2.24) is 10.3 Å². The molecular weight excluding hydrogens is 536 g/mol. The number of thiocarbonyl (C=S) groups is 1. The summed E-state index contributed by atoms with van der Waals surface area (Å²) in [5.41, 5.74) is 3.08. The molecule has 6 nitrogen and oxygen atoms in total. The topological polar surface area (TPSA) is 80.3 Å². The van der Waals surface area contributed by atoms with Crippen molar-refractivity contribution in [3.63, 3.8) is 0 Å². The van der Waals surface area contributed by atoms with Gasteiger partial charge in [-0.1, -0.05) is 23.2 Å². The lowest BCUT2D eigenvalue weighted by Crippen LogP contribution is -2.32. The van der Waals surface area contributed by atoms with Crippen LogP contribution in [0.4, 0.5) is 10.1 Å². The minimum Gasteiger partial charge on any atom is -0.457 e. The largest absolute Gasteiger partial charge is 0.457 e. The highest BCUT2D eigenvalue weighted by molar-refractivity contribution is 7.80. The molecule has 0 aliphatic rings. The second-order valence-corrected chi connectivity index (χ2v) is 9.06. The third kappa shape index (κ3) is 5.89. The van der Waals surface area contributed by atoms with Crippen molar-refractivity contribution in [3.8, 4) is 22.8 Å². The number of aromatic nitrogens is 1. The van der Waals surface area contributed by atoms with Crippen molar-refractivity contribution < 1.29 is 18.0 Å². The molecule has 0 radical (unpaired) electrons. The summed E-state index contributed by atoms with van der Waals surface area (Å²) in [6.45, 7) is 0. The van der Waals surface area contributed by atoms with Crippen LogP contribution < -0.4 is 10.6 Å². The summed E-state index contributed by atoms with van der Waals surface area (Å²) in [5.74, 6) is 0.593. The molecule has 1 amide bonds. The lowest BCUT2D eigenvalue weighted by molar-refractivity contribution is -0.115. The Bertz CT molecular complexity index is 1660. The fourth-order valence-electron chi connectivity index (χ4n) is 3.47. The Balaban J connectivity index is 1.20. The molecule has 2 heterocycles. The van der Waals surface area contributed by atoms with E-state index in [1.54, 1.807) is 60.7 Å². The number of rotatable bonds is 5. The summed E-state index contributed by atoms with van der Waals surface area (Å²) in [6, 6.07) is 19.6. The fourth-order valence-corrected chi connectivity index (χ4v) is 4.19. The van der Waals surface area contributed by atoms with E-state index in [0.29, 0.717) is 55.4 Å². The molecule has 0 aliphatic heterocycles. The van der Waals surface area contributed by atoms with E-state index in [1.165, 1.54) is 24.3 Å². The standard InChI is InChI=1S/C27H16Cl2FN3O3S/c28-16-3-9-20(21(29)13-16)23-11-7-19(35-23)8-12-25(34)33-27(37)31-18-6-10-24-22(14-18)32-26(36-24)15-1-4-17(30)5-2-15/h1-14H,(H2,31,33,34,37)/b12-8+. The first-order chi connectivity index (χ1) is 17.8. The molecular formula is C27H16Cl2FN3O3S. The molecule has 0 saturated carbocycles. The number of carbonyl (C=O) groups is 1. The Morgan fingerprint density at radius 2 is 1.78 bits per heavy atom. The van der Waals surface area contributed by atoms with Gasteiger partial charge in [0.1, 0.15) is 22.9 Å². The van der Waals surface area contributed by atoms with Crippen molar-refractivity contribution in [1.29, 1.82) is 0 Å². The molecule has 2 N–H and O–H groups in total. The zero-order chi connectivity index (χ0) is 25.9. The van der Waals surface area contributed by atoms with Gasteiger partial charge < -0.3 is 14.2 Å². The molecule has 0 aliphatic carbocycles. The van der Waals surface area contributed by atoms with Crippen LogP contribution in [0.1, 0.15) is 5.76 Å². The van der Waals surface area contributed by atoms with E-state index in [2.05, 4.69) is 15.6 Å². The number of nitrogens with one attached hydrogen (secondary N) is 2. The number of hydrogen-bond acceptors (Lipinski definition) is 5. The Kier molecular flexibility index (Phi) is 7.05. The van der Waals surface area contributed by atoms with E-state index in [1.807, 2.05) is 0 Å². The number of fused-ring (bicyclic) bond motifs is 1. The van der Waals surface area contributed by atoms with Crippen molar-refractivity contribution in [2.45, 2.75) is 0 Å². The van der Waals surface area contributed by atoms with Crippen LogP contribution >= 0.6 is 35.4 Å². The highest BCUT2D eigenvalue weighted by atomic mass is 35.5. The second kappa shape index (κ2) is 10.6. The van der Waals surface area contributed by atoms with E-state index in [4.69, 9.17) is 44.3 Å². The van der Waals surface area contributed by atoms with Gasteiger partial charge in [-0.3, -0.25) is 10.1 Å². The zero-order valence-electron chi connectivity index (χ0n) is 18.8. The summed E-state index contributed by atoms with van der Waals surface area (Å²) in [7, 11) is 0. The molecule has 37 heavy (non-hydrogen) atoms. The molecule has 5 aromatic rings. The lowest BCUT2D eigenvalue weighted by Gasteiger charge is -2.07. The average Bonchev–Trinajstić information content (AvgIpc) is 3.50. The zero-order valence-corrected chi connectivity index (χ0v) is 21.1. The quantitative estimate of drug-likeness (QED) is 0.172. The molecule has 0 atom stereocenters. The predicted molar refractivity (Wildman–Crippen MR) is 147 cm³/mol. The Morgan fingerprint density at radius 1 is 0.973 bits per heavy atom.